The summed E-state index contributed by atoms with van der Waals surface area (Å²) in [6.45, 7) is 6.59. The molecule has 4 nitrogen and oxygen atoms in total. The lowest BCUT2D eigenvalue weighted by Crippen LogP contribution is -1.99. The number of aryl methyl sites for hydroxylation is 1. The van der Waals surface area contributed by atoms with E-state index in [0.29, 0.717) is 11.7 Å². The zero-order valence-corrected chi connectivity index (χ0v) is 16.5. The summed E-state index contributed by atoms with van der Waals surface area (Å²) >= 11 is 0. The maximum atomic E-state index is 5.54. The Morgan fingerprint density at radius 1 is 0.577 bits per heavy atom. The van der Waals surface area contributed by atoms with E-state index in [4.69, 9.17) is 18.9 Å². The molecule has 0 saturated heterocycles. The quantitative estimate of drug-likeness (QED) is 0.570. The SMILES string of the molecule is COc1cc2c(C)c(C(C)C)c3cc(OC)c(OC)cc3c2cc1OC. The first-order valence-corrected chi connectivity index (χ1v) is 8.70. The van der Waals surface area contributed by atoms with E-state index in [0.717, 1.165) is 33.4 Å². The number of ether oxygens (including phenoxy) is 4. The lowest BCUT2D eigenvalue weighted by molar-refractivity contribution is 0.355. The zero-order valence-electron chi connectivity index (χ0n) is 16.5. The minimum Gasteiger partial charge on any atom is -0.493 e. The van der Waals surface area contributed by atoms with Crippen molar-refractivity contribution in [3.63, 3.8) is 0 Å². The van der Waals surface area contributed by atoms with Gasteiger partial charge in [-0.05, 0) is 69.8 Å². The number of hydrogen-bond donors (Lipinski definition) is 0. The van der Waals surface area contributed by atoms with Crippen LogP contribution in [0, 0.1) is 6.92 Å². The van der Waals surface area contributed by atoms with E-state index >= 15 is 0 Å². The van der Waals surface area contributed by atoms with Crippen LogP contribution in [-0.2, 0) is 0 Å². The maximum Gasteiger partial charge on any atom is 0.161 e. The molecule has 0 aliphatic rings. The molecular formula is C22H26O4. The fraction of sp³-hybridized carbons (Fsp3) is 0.364. The number of hydrogen-bond acceptors (Lipinski definition) is 4. The summed E-state index contributed by atoms with van der Waals surface area (Å²) in [5, 5.41) is 4.56. The summed E-state index contributed by atoms with van der Waals surface area (Å²) in [4.78, 5) is 0. The molecule has 0 atom stereocenters. The molecule has 3 aromatic carbocycles. The Morgan fingerprint density at radius 3 is 1.31 bits per heavy atom. The largest absolute Gasteiger partial charge is 0.493 e. The molecular weight excluding hydrogens is 328 g/mol. The van der Waals surface area contributed by atoms with Gasteiger partial charge in [-0.25, -0.2) is 0 Å². The van der Waals surface area contributed by atoms with Gasteiger partial charge in [0.05, 0.1) is 28.4 Å². The Morgan fingerprint density at radius 2 is 0.923 bits per heavy atom. The predicted octanol–water partition coefficient (Wildman–Crippen LogP) is 5.46. The summed E-state index contributed by atoms with van der Waals surface area (Å²) in [5.41, 5.74) is 2.55. The highest BCUT2D eigenvalue weighted by Crippen LogP contribution is 2.44. The maximum absolute atomic E-state index is 5.54. The van der Waals surface area contributed by atoms with E-state index in [-0.39, 0.29) is 0 Å². The van der Waals surface area contributed by atoms with Gasteiger partial charge < -0.3 is 18.9 Å². The van der Waals surface area contributed by atoms with Gasteiger partial charge in [0.1, 0.15) is 0 Å². The van der Waals surface area contributed by atoms with Gasteiger partial charge in [0, 0.05) is 0 Å². The van der Waals surface area contributed by atoms with E-state index in [1.807, 2.05) is 12.1 Å². The minimum atomic E-state index is 0.369. The summed E-state index contributed by atoms with van der Waals surface area (Å²) in [5.74, 6) is 3.27. The highest BCUT2D eigenvalue weighted by molar-refractivity contribution is 6.12. The molecule has 0 N–H and O–H groups in total. The summed E-state index contributed by atoms with van der Waals surface area (Å²) in [6.07, 6.45) is 0. The van der Waals surface area contributed by atoms with Crippen molar-refractivity contribution in [3.05, 3.63) is 35.4 Å². The van der Waals surface area contributed by atoms with Crippen molar-refractivity contribution in [2.24, 2.45) is 0 Å². The fourth-order valence-electron chi connectivity index (χ4n) is 3.83. The third-order valence-corrected chi connectivity index (χ3v) is 5.01. The molecule has 0 saturated carbocycles. The zero-order chi connectivity index (χ0) is 19.0. The van der Waals surface area contributed by atoms with Crippen molar-refractivity contribution in [1.82, 2.24) is 0 Å². The van der Waals surface area contributed by atoms with Crippen LogP contribution in [-0.4, -0.2) is 28.4 Å². The van der Waals surface area contributed by atoms with Crippen LogP contribution in [0.4, 0.5) is 0 Å². The molecule has 0 fully saturated rings. The summed E-state index contributed by atoms with van der Waals surface area (Å²) in [6, 6.07) is 8.23. The van der Waals surface area contributed by atoms with Gasteiger partial charge in [0.2, 0.25) is 0 Å². The van der Waals surface area contributed by atoms with Crippen LogP contribution in [0.3, 0.4) is 0 Å². The molecule has 3 rings (SSSR count). The normalized spacial score (nSPS) is 11.2. The Hall–Kier alpha value is -2.62. The van der Waals surface area contributed by atoms with Crippen LogP contribution in [0.5, 0.6) is 23.0 Å². The number of methoxy groups -OCH3 is 4. The fourth-order valence-corrected chi connectivity index (χ4v) is 3.83. The number of rotatable bonds is 5. The van der Waals surface area contributed by atoms with Crippen molar-refractivity contribution in [3.8, 4) is 23.0 Å². The van der Waals surface area contributed by atoms with Gasteiger partial charge in [-0.2, -0.15) is 0 Å². The topological polar surface area (TPSA) is 36.9 Å². The molecule has 0 spiro atoms. The van der Waals surface area contributed by atoms with Gasteiger partial charge in [0.25, 0.3) is 0 Å². The monoisotopic (exact) mass is 354 g/mol. The molecule has 0 aliphatic heterocycles. The van der Waals surface area contributed by atoms with Crippen LogP contribution in [0.25, 0.3) is 21.5 Å². The molecule has 3 aromatic rings. The molecule has 26 heavy (non-hydrogen) atoms. The first-order chi connectivity index (χ1) is 12.5. The van der Waals surface area contributed by atoms with Crippen molar-refractivity contribution in [1.29, 1.82) is 0 Å². The molecule has 0 radical (unpaired) electrons. The molecule has 0 unspecified atom stereocenters. The van der Waals surface area contributed by atoms with Crippen molar-refractivity contribution in [2.75, 3.05) is 28.4 Å². The molecule has 138 valence electrons. The third-order valence-electron chi connectivity index (χ3n) is 5.01. The molecule has 0 bridgehead atoms. The first-order valence-electron chi connectivity index (χ1n) is 8.70. The molecule has 0 aliphatic carbocycles. The third kappa shape index (κ3) is 2.70. The highest BCUT2D eigenvalue weighted by Gasteiger charge is 2.19. The second-order valence-corrected chi connectivity index (χ2v) is 6.70. The van der Waals surface area contributed by atoms with Crippen LogP contribution in [0.1, 0.15) is 30.9 Å². The molecule has 0 amide bonds. The van der Waals surface area contributed by atoms with Crippen LogP contribution in [0.2, 0.25) is 0 Å². The Balaban J connectivity index is 2.57. The van der Waals surface area contributed by atoms with Gasteiger partial charge in [-0.15, -0.1) is 0 Å². The number of fused-ring (bicyclic) bond motifs is 3. The van der Waals surface area contributed by atoms with Gasteiger partial charge in [0.15, 0.2) is 23.0 Å². The smallest absolute Gasteiger partial charge is 0.161 e. The van der Waals surface area contributed by atoms with Crippen molar-refractivity contribution < 1.29 is 18.9 Å². The Kier molecular flexibility index (Phi) is 4.86. The minimum absolute atomic E-state index is 0.369. The van der Waals surface area contributed by atoms with Crippen LogP contribution >= 0.6 is 0 Å². The van der Waals surface area contributed by atoms with Gasteiger partial charge in [-0.3, -0.25) is 0 Å². The Labute approximate surface area is 154 Å². The van der Waals surface area contributed by atoms with Crippen LogP contribution < -0.4 is 18.9 Å². The Bertz CT molecular complexity index is 973. The van der Waals surface area contributed by atoms with E-state index in [2.05, 4.69) is 32.9 Å². The lowest BCUT2D eigenvalue weighted by atomic mass is 9.86. The van der Waals surface area contributed by atoms with Crippen molar-refractivity contribution in [2.45, 2.75) is 26.7 Å². The van der Waals surface area contributed by atoms with E-state index < -0.39 is 0 Å². The average molecular weight is 354 g/mol. The predicted molar refractivity (Wildman–Crippen MR) is 106 cm³/mol. The summed E-state index contributed by atoms with van der Waals surface area (Å²) < 4.78 is 22.1. The average Bonchev–Trinajstić information content (AvgIpc) is 2.65. The highest BCUT2D eigenvalue weighted by atomic mass is 16.5. The van der Waals surface area contributed by atoms with Crippen molar-refractivity contribution >= 4 is 21.5 Å². The second kappa shape index (κ2) is 6.94. The second-order valence-electron chi connectivity index (χ2n) is 6.70. The van der Waals surface area contributed by atoms with Crippen LogP contribution in [0.15, 0.2) is 24.3 Å². The van der Waals surface area contributed by atoms with Gasteiger partial charge >= 0.3 is 0 Å². The molecule has 0 heterocycles. The number of benzene rings is 3. The van der Waals surface area contributed by atoms with E-state index in [1.54, 1.807) is 28.4 Å². The van der Waals surface area contributed by atoms with E-state index in [1.165, 1.54) is 16.5 Å². The first kappa shape index (κ1) is 18.2. The molecule has 0 aromatic heterocycles. The van der Waals surface area contributed by atoms with E-state index in [9.17, 15) is 0 Å². The standard InChI is InChI=1S/C22H26O4/c1-12(2)22-13(3)14-8-18(23-4)19(24-5)9-15(14)16-10-20(25-6)21(26-7)11-17(16)22/h8-12H,1-7H3. The molecule has 4 heteroatoms. The van der Waals surface area contributed by atoms with Gasteiger partial charge in [-0.1, -0.05) is 13.8 Å². The summed E-state index contributed by atoms with van der Waals surface area (Å²) in [7, 11) is 6.65. The lowest BCUT2D eigenvalue weighted by Gasteiger charge is -2.20.